The molecular formula is C19H19NO2. The van der Waals surface area contributed by atoms with E-state index in [0.717, 1.165) is 16.7 Å². The van der Waals surface area contributed by atoms with Gasteiger partial charge in [-0.15, -0.1) is 0 Å². The van der Waals surface area contributed by atoms with E-state index in [2.05, 4.69) is 10.9 Å². The normalized spacial score (nSPS) is 11.2. The molecule has 0 bridgehead atoms. The van der Waals surface area contributed by atoms with Gasteiger partial charge in [-0.3, -0.25) is 0 Å². The molecule has 0 N–H and O–H groups in total. The fourth-order valence-corrected chi connectivity index (χ4v) is 1.98. The molecule has 0 radical (unpaired) electrons. The summed E-state index contributed by atoms with van der Waals surface area (Å²) in [5, 5.41) is 0. The molecule has 1 atom stereocenters. The van der Waals surface area contributed by atoms with E-state index in [1.807, 2.05) is 60.7 Å². The van der Waals surface area contributed by atoms with Gasteiger partial charge >= 0.3 is 5.97 Å². The van der Waals surface area contributed by atoms with E-state index in [4.69, 9.17) is 4.74 Å². The number of benzene rings is 2. The van der Waals surface area contributed by atoms with Gasteiger partial charge in [-0.2, -0.15) is 0 Å². The molecule has 0 amide bonds. The van der Waals surface area contributed by atoms with Crippen molar-refractivity contribution in [1.29, 1.82) is 0 Å². The summed E-state index contributed by atoms with van der Waals surface area (Å²) in [5.74, 6) is 2.69. The number of hydrogen-bond acceptors (Lipinski definition) is 3. The maximum atomic E-state index is 11.7. The molecule has 3 heteroatoms. The van der Waals surface area contributed by atoms with E-state index in [1.165, 1.54) is 0 Å². The van der Waals surface area contributed by atoms with Gasteiger partial charge in [0.15, 0.2) is 6.04 Å². The third kappa shape index (κ3) is 4.18. The average Bonchev–Trinajstić information content (AvgIpc) is 2.57. The minimum absolute atomic E-state index is 0.338. The Morgan fingerprint density at radius 2 is 1.55 bits per heavy atom. The number of ether oxygens (including phenoxy) is 1. The summed E-state index contributed by atoms with van der Waals surface area (Å²) in [6.45, 7) is 3.84. The first-order valence-electron chi connectivity index (χ1n) is 7.32. The first-order valence-corrected chi connectivity index (χ1v) is 7.32. The second kappa shape index (κ2) is 7.96. The molecule has 2 aromatic carbocycles. The van der Waals surface area contributed by atoms with Crippen molar-refractivity contribution in [2.24, 2.45) is 4.99 Å². The molecular weight excluding hydrogens is 274 g/mol. The van der Waals surface area contributed by atoms with Gasteiger partial charge in [-0.05, 0) is 30.8 Å². The lowest BCUT2D eigenvalue weighted by Crippen LogP contribution is -2.17. The summed E-state index contributed by atoms with van der Waals surface area (Å²) in [4.78, 5) is 15.9. The smallest absolute Gasteiger partial charge is 0.331 e. The van der Waals surface area contributed by atoms with Gasteiger partial charge in [0.25, 0.3) is 0 Å². The molecule has 0 aliphatic rings. The molecule has 0 fully saturated rings. The fourth-order valence-electron chi connectivity index (χ4n) is 1.98. The molecule has 0 aromatic heterocycles. The van der Waals surface area contributed by atoms with Crippen molar-refractivity contribution in [2.45, 2.75) is 19.9 Å². The highest BCUT2D eigenvalue weighted by molar-refractivity contribution is 5.99. The minimum atomic E-state index is -0.567. The van der Waals surface area contributed by atoms with Crippen LogP contribution >= 0.6 is 0 Å². The van der Waals surface area contributed by atoms with Crippen molar-refractivity contribution in [1.82, 2.24) is 0 Å². The number of esters is 1. The van der Waals surface area contributed by atoms with Gasteiger partial charge < -0.3 is 4.74 Å². The van der Waals surface area contributed by atoms with E-state index in [1.54, 1.807) is 13.8 Å². The van der Waals surface area contributed by atoms with Gasteiger partial charge in [-0.25, -0.2) is 9.79 Å². The highest BCUT2D eigenvalue weighted by atomic mass is 16.5. The topological polar surface area (TPSA) is 38.7 Å². The second-order valence-corrected chi connectivity index (χ2v) is 4.78. The SMILES string of the molecule is CCOC(=O)[C@H](C)N=C=C(c1ccccc1)c1ccccc1. The lowest BCUT2D eigenvalue weighted by atomic mass is 9.99. The zero-order chi connectivity index (χ0) is 15.8. The van der Waals surface area contributed by atoms with Crippen LogP contribution in [0.2, 0.25) is 0 Å². The summed E-state index contributed by atoms with van der Waals surface area (Å²) in [6.07, 6.45) is 0. The van der Waals surface area contributed by atoms with Crippen LogP contribution in [-0.4, -0.2) is 24.5 Å². The molecule has 2 rings (SSSR count). The van der Waals surface area contributed by atoms with E-state index in [9.17, 15) is 4.79 Å². The Morgan fingerprint density at radius 3 is 2.00 bits per heavy atom. The van der Waals surface area contributed by atoms with Crippen molar-refractivity contribution < 1.29 is 9.53 Å². The van der Waals surface area contributed by atoms with Crippen LogP contribution in [-0.2, 0) is 9.53 Å². The number of rotatable bonds is 5. The van der Waals surface area contributed by atoms with Crippen LogP contribution < -0.4 is 0 Å². The van der Waals surface area contributed by atoms with Crippen LogP contribution in [0.4, 0.5) is 0 Å². The average molecular weight is 293 g/mol. The van der Waals surface area contributed by atoms with Gasteiger partial charge in [0.1, 0.15) is 0 Å². The predicted molar refractivity (Wildman–Crippen MR) is 88.9 cm³/mol. The largest absolute Gasteiger partial charge is 0.464 e. The molecule has 0 spiro atoms. The van der Waals surface area contributed by atoms with E-state index >= 15 is 0 Å². The zero-order valence-corrected chi connectivity index (χ0v) is 12.8. The number of aliphatic imine (C=N–C) groups is 1. The Morgan fingerprint density at radius 1 is 1.05 bits per heavy atom. The third-order valence-corrected chi connectivity index (χ3v) is 3.12. The van der Waals surface area contributed by atoms with E-state index < -0.39 is 6.04 Å². The number of nitrogens with zero attached hydrogens (tertiary/aromatic N) is 1. The Balaban J connectivity index is 2.41. The van der Waals surface area contributed by atoms with Gasteiger partial charge in [0.2, 0.25) is 0 Å². The van der Waals surface area contributed by atoms with Crippen molar-refractivity contribution in [3.8, 4) is 0 Å². The highest BCUT2D eigenvalue weighted by Crippen LogP contribution is 2.20. The second-order valence-electron chi connectivity index (χ2n) is 4.78. The molecule has 0 aliphatic heterocycles. The lowest BCUT2D eigenvalue weighted by Gasteiger charge is -2.06. The lowest BCUT2D eigenvalue weighted by molar-refractivity contribution is -0.144. The molecule has 0 unspecified atom stereocenters. The molecule has 112 valence electrons. The quantitative estimate of drug-likeness (QED) is 0.622. The van der Waals surface area contributed by atoms with Crippen LogP contribution in [0.5, 0.6) is 0 Å². The van der Waals surface area contributed by atoms with Gasteiger partial charge in [0, 0.05) is 0 Å². The van der Waals surface area contributed by atoms with Crippen LogP contribution in [0.15, 0.2) is 65.7 Å². The zero-order valence-electron chi connectivity index (χ0n) is 12.8. The molecule has 0 aliphatic carbocycles. The summed E-state index contributed by atoms with van der Waals surface area (Å²) in [5.41, 5.74) is 2.87. The first kappa shape index (κ1) is 15.7. The standard InChI is InChI=1S/C19H19NO2/c1-3-22-19(21)15(2)20-14-18(16-10-6-4-7-11-16)17-12-8-5-9-13-17/h4-13,15H,3H2,1-2H3/t15-/m0/s1. The summed E-state index contributed by atoms with van der Waals surface area (Å²) < 4.78 is 4.97. The van der Waals surface area contributed by atoms with Crippen molar-refractivity contribution in [3.05, 3.63) is 71.8 Å². The van der Waals surface area contributed by atoms with Gasteiger partial charge in [-0.1, -0.05) is 60.7 Å². The number of carbonyl (C=O) groups excluding carboxylic acids is 1. The number of hydrogen-bond donors (Lipinski definition) is 0. The van der Waals surface area contributed by atoms with E-state index in [0.29, 0.717) is 6.61 Å². The Hall–Kier alpha value is -2.64. The predicted octanol–water partition coefficient (Wildman–Crippen LogP) is 3.74. The van der Waals surface area contributed by atoms with Crippen molar-refractivity contribution >= 4 is 17.4 Å². The molecule has 3 nitrogen and oxygen atoms in total. The molecule has 0 saturated carbocycles. The molecule has 0 saturated heterocycles. The Kier molecular flexibility index (Phi) is 5.70. The Bertz CT molecular complexity index is 630. The fraction of sp³-hybridized carbons (Fsp3) is 0.211. The maximum absolute atomic E-state index is 11.7. The van der Waals surface area contributed by atoms with Crippen LogP contribution in [0.25, 0.3) is 5.57 Å². The van der Waals surface area contributed by atoms with Crippen LogP contribution in [0.3, 0.4) is 0 Å². The van der Waals surface area contributed by atoms with Crippen LogP contribution in [0.1, 0.15) is 25.0 Å². The van der Waals surface area contributed by atoms with Crippen LogP contribution in [0, 0.1) is 0 Å². The third-order valence-electron chi connectivity index (χ3n) is 3.12. The highest BCUT2D eigenvalue weighted by Gasteiger charge is 2.11. The molecule has 22 heavy (non-hydrogen) atoms. The first-order chi connectivity index (χ1) is 10.7. The summed E-state index contributed by atoms with van der Waals surface area (Å²) in [7, 11) is 0. The maximum Gasteiger partial charge on any atom is 0.331 e. The van der Waals surface area contributed by atoms with Crippen molar-refractivity contribution in [2.75, 3.05) is 6.61 Å². The Labute approximate surface area is 131 Å². The van der Waals surface area contributed by atoms with Gasteiger partial charge in [0.05, 0.1) is 12.2 Å². The monoisotopic (exact) mass is 293 g/mol. The molecule has 2 aromatic rings. The summed E-state index contributed by atoms with van der Waals surface area (Å²) in [6, 6.07) is 19.2. The summed E-state index contributed by atoms with van der Waals surface area (Å²) >= 11 is 0. The van der Waals surface area contributed by atoms with Crippen molar-refractivity contribution in [3.63, 3.8) is 0 Å². The number of carbonyl (C=O) groups is 1. The molecule has 0 heterocycles. The minimum Gasteiger partial charge on any atom is -0.464 e. The van der Waals surface area contributed by atoms with E-state index in [-0.39, 0.29) is 5.97 Å².